The summed E-state index contributed by atoms with van der Waals surface area (Å²) in [5, 5.41) is 0.495. The zero-order valence-electron chi connectivity index (χ0n) is 11.0. The lowest BCUT2D eigenvalue weighted by Gasteiger charge is -2.02. The zero-order chi connectivity index (χ0) is 15.7. The third kappa shape index (κ3) is 3.26. The molecule has 0 saturated heterocycles. The van der Waals surface area contributed by atoms with Gasteiger partial charge in [-0.05, 0) is 58.5 Å². The number of hydrogen-bond acceptors (Lipinski definition) is 3. The summed E-state index contributed by atoms with van der Waals surface area (Å²) in [6.45, 7) is 0. The number of carbonyl (C=O) groups is 1. The molecule has 0 fully saturated rings. The van der Waals surface area contributed by atoms with Gasteiger partial charge in [0.05, 0.1) is 10.6 Å². The molecule has 0 aromatic heterocycles. The molecule has 0 unspecified atom stereocenters. The van der Waals surface area contributed by atoms with Crippen molar-refractivity contribution in [3.63, 3.8) is 0 Å². The highest BCUT2D eigenvalue weighted by molar-refractivity contribution is 14.1. The van der Waals surface area contributed by atoms with Crippen LogP contribution in [0, 0.1) is 3.57 Å². The van der Waals surface area contributed by atoms with Gasteiger partial charge < -0.3 is 4.74 Å². The lowest BCUT2D eigenvalue weighted by atomic mass is 10.2. The molecule has 0 atom stereocenters. The summed E-state index contributed by atoms with van der Waals surface area (Å²) in [5.41, 5.74) is 1.71. The van der Waals surface area contributed by atoms with E-state index in [1.54, 1.807) is 12.1 Å². The zero-order valence-corrected chi connectivity index (χ0v) is 15.5. The fraction of sp³-hybridized carbons (Fsp3) is 0. The van der Waals surface area contributed by atoms with Gasteiger partial charge in [-0.1, -0.05) is 45.7 Å². The minimum atomic E-state index is -0.485. The first-order chi connectivity index (χ1) is 10.5. The summed E-state index contributed by atoms with van der Waals surface area (Å²) in [6.07, 6.45) is 1.68. The normalized spacial score (nSPS) is 15.9. The molecule has 0 spiro atoms. The smallest absolute Gasteiger partial charge is 0.363 e. The molecular weight excluding hydrogens is 480 g/mol. The van der Waals surface area contributed by atoms with Crippen LogP contribution >= 0.6 is 50.1 Å². The number of halogens is 3. The Balaban J connectivity index is 2.02. The van der Waals surface area contributed by atoms with E-state index in [0.29, 0.717) is 10.6 Å². The third-order valence-corrected chi connectivity index (χ3v) is 4.70. The van der Waals surface area contributed by atoms with E-state index in [-0.39, 0.29) is 11.6 Å². The van der Waals surface area contributed by atoms with E-state index in [9.17, 15) is 4.79 Å². The van der Waals surface area contributed by atoms with E-state index in [2.05, 4.69) is 43.5 Å². The summed E-state index contributed by atoms with van der Waals surface area (Å²) < 4.78 is 7.11. The van der Waals surface area contributed by atoms with E-state index in [4.69, 9.17) is 16.3 Å². The van der Waals surface area contributed by atoms with Gasteiger partial charge in [0.25, 0.3) is 0 Å². The molecule has 1 heterocycles. The molecule has 3 rings (SSSR count). The van der Waals surface area contributed by atoms with Gasteiger partial charge in [-0.2, -0.15) is 0 Å². The fourth-order valence-electron chi connectivity index (χ4n) is 1.93. The van der Waals surface area contributed by atoms with Gasteiger partial charge in [0.15, 0.2) is 5.70 Å². The highest BCUT2D eigenvalue weighted by Crippen LogP contribution is 2.26. The van der Waals surface area contributed by atoms with Crippen LogP contribution in [0.25, 0.3) is 6.08 Å². The molecule has 1 aliphatic rings. The second-order valence-corrected chi connectivity index (χ2v) is 6.99. The van der Waals surface area contributed by atoms with Crippen molar-refractivity contribution in [2.75, 3.05) is 0 Å². The number of cyclic esters (lactones) is 1. The van der Waals surface area contributed by atoms with Crippen LogP contribution < -0.4 is 0 Å². The number of carbonyl (C=O) groups excluding carboxylic acids is 1. The van der Waals surface area contributed by atoms with Gasteiger partial charge in [-0.25, -0.2) is 9.79 Å². The van der Waals surface area contributed by atoms with E-state index in [0.717, 1.165) is 13.6 Å². The molecule has 0 amide bonds. The van der Waals surface area contributed by atoms with Crippen molar-refractivity contribution >= 4 is 68.1 Å². The van der Waals surface area contributed by atoms with Crippen molar-refractivity contribution in [2.24, 2.45) is 4.99 Å². The number of benzene rings is 2. The Labute approximate surface area is 154 Å². The maximum Gasteiger partial charge on any atom is 0.363 e. The van der Waals surface area contributed by atoms with Crippen LogP contribution in [0.4, 0.5) is 0 Å². The van der Waals surface area contributed by atoms with Crippen LogP contribution in [0.3, 0.4) is 0 Å². The van der Waals surface area contributed by atoms with Crippen molar-refractivity contribution in [3.05, 3.63) is 72.4 Å². The highest BCUT2D eigenvalue weighted by Gasteiger charge is 2.25. The van der Waals surface area contributed by atoms with Crippen LogP contribution in [-0.2, 0) is 9.53 Å². The Bertz CT molecular complexity index is 833. The van der Waals surface area contributed by atoms with Crippen molar-refractivity contribution in [1.82, 2.24) is 0 Å². The molecule has 0 aliphatic carbocycles. The minimum absolute atomic E-state index is 0.229. The van der Waals surface area contributed by atoms with Gasteiger partial charge >= 0.3 is 5.97 Å². The summed E-state index contributed by atoms with van der Waals surface area (Å²) in [4.78, 5) is 16.3. The van der Waals surface area contributed by atoms with E-state index < -0.39 is 5.97 Å². The molecule has 0 radical (unpaired) electrons. The molecule has 110 valence electrons. The van der Waals surface area contributed by atoms with Gasteiger partial charge in [0.1, 0.15) is 0 Å². The van der Waals surface area contributed by atoms with Crippen molar-refractivity contribution in [2.45, 2.75) is 0 Å². The molecule has 0 saturated carbocycles. The molecule has 22 heavy (non-hydrogen) atoms. The maximum atomic E-state index is 12.0. The SMILES string of the molecule is O=C1OC(c2cc(I)ccc2Cl)=N/C1=C\c1ccccc1Br. The number of esters is 1. The molecule has 0 bridgehead atoms. The van der Waals surface area contributed by atoms with Crippen molar-refractivity contribution in [1.29, 1.82) is 0 Å². The highest BCUT2D eigenvalue weighted by atomic mass is 127. The third-order valence-electron chi connectivity index (χ3n) is 2.98. The Hall–Kier alpha value is -1.18. The van der Waals surface area contributed by atoms with Gasteiger partial charge in [-0.3, -0.25) is 0 Å². The fourth-order valence-corrected chi connectivity index (χ4v) is 3.01. The number of rotatable bonds is 2. The standard InChI is InChI=1S/C16H8BrClINO2/c17-12-4-2-1-3-9(12)7-14-16(21)22-15(20-14)11-8-10(19)5-6-13(11)18/h1-8H/b14-7-. The van der Waals surface area contributed by atoms with Crippen molar-refractivity contribution < 1.29 is 9.53 Å². The number of aliphatic imine (C=N–C) groups is 1. The lowest BCUT2D eigenvalue weighted by molar-refractivity contribution is -0.129. The summed E-state index contributed by atoms with van der Waals surface area (Å²) in [5.74, 6) is -0.257. The Morgan fingerprint density at radius 2 is 2.00 bits per heavy atom. The van der Waals surface area contributed by atoms with Crippen LogP contribution in [-0.4, -0.2) is 11.9 Å². The summed E-state index contributed by atoms with van der Waals surface area (Å²) in [7, 11) is 0. The summed E-state index contributed by atoms with van der Waals surface area (Å²) >= 11 is 11.8. The van der Waals surface area contributed by atoms with E-state index in [1.165, 1.54) is 0 Å². The molecule has 1 aliphatic heterocycles. The summed E-state index contributed by atoms with van der Waals surface area (Å²) in [6, 6.07) is 13.0. The van der Waals surface area contributed by atoms with Gasteiger partial charge in [-0.15, -0.1) is 0 Å². The quantitative estimate of drug-likeness (QED) is 0.337. The molecular formula is C16H8BrClINO2. The average molecular weight is 489 g/mol. The Morgan fingerprint density at radius 1 is 1.23 bits per heavy atom. The molecule has 2 aromatic rings. The molecule has 2 aromatic carbocycles. The first kappa shape index (κ1) is 15.7. The van der Waals surface area contributed by atoms with Crippen LogP contribution in [0.5, 0.6) is 0 Å². The van der Waals surface area contributed by atoms with Crippen LogP contribution in [0.15, 0.2) is 57.6 Å². The number of nitrogens with zero attached hydrogens (tertiary/aromatic N) is 1. The second-order valence-electron chi connectivity index (χ2n) is 4.48. The molecule has 0 N–H and O–H groups in total. The van der Waals surface area contributed by atoms with Crippen LogP contribution in [0.1, 0.15) is 11.1 Å². The predicted molar refractivity (Wildman–Crippen MR) is 98.9 cm³/mol. The largest absolute Gasteiger partial charge is 0.402 e. The first-order valence-electron chi connectivity index (χ1n) is 6.27. The van der Waals surface area contributed by atoms with Gasteiger partial charge in [0, 0.05) is 8.04 Å². The first-order valence-corrected chi connectivity index (χ1v) is 8.52. The van der Waals surface area contributed by atoms with Gasteiger partial charge in [0.2, 0.25) is 5.90 Å². The topological polar surface area (TPSA) is 38.7 Å². The van der Waals surface area contributed by atoms with E-state index >= 15 is 0 Å². The van der Waals surface area contributed by atoms with Crippen molar-refractivity contribution in [3.8, 4) is 0 Å². The monoisotopic (exact) mass is 487 g/mol. The Morgan fingerprint density at radius 3 is 2.77 bits per heavy atom. The number of ether oxygens (including phenoxy) is 1. The second kappa shape index (κ2) is 6.52. The molecule has 6 heteroatoms. The minimum Gasteiger partial charge on any atom is -0.402 e. The predicted octanol–water partition coefficient (Wildman–Crippen LogP) is 5.05. The maximum absolute atomic E-state index is 12.0. The Kier molecular flexibility index (Phi) is 4.65. The lowest BCUT2D eigenvalue weighted by Crippen LogP contribution is -2.06. The van der Waals surface area contributed by atoms with Crippen LogP contribution in [0.2, 0.25) is 5.02 Å². The number of hydrogen-bond donors (Lipinski definition) is 0. The van der Waals surface area contributed by atoms with E-state index in [1.807, 2.05) is 36.4 Å². The average Bonchev–Trinajstić information content (AvgIpc) is 2.85. The molecule has 3 nitrogen and oxygen atoms in total.